The van der Waals surface area contributed by atoms with E-state index in [0.29, 0.717) is 17.6 Å². The Morgan fingerprint density at radius 2 is 2.08 bits per heavy atom. The molecule has 5 nitrogen and oxygen atoms in total. The van der Waals surface area contributed by atoms with Crippen molar-refractivity contribution in [3.63, 3.8) is 0 Å². The molecule has 0 unspecified atom stereocenters. The van der Waals surface area contributed by atoms with Crippen molar-refractivity contribution >= 4 is 39.9 Å². The number of carbonyl (C=O) groups excluding carboxylic acids is 2. The summed E-state index contributed by atoms with van der Waals surface area (Å²) in [6.07, 6.45) is 3.89. The first-order chi connectivity index (χ1) is 12.0. The summed E-state index contributed by atoms with van der Waals surface area (Å²) in [6, 6.07) is 9.22. The molecule has 2 aromatic rings. The van der Waals surface area contributed by atoms with Crippen molar-refractivity contribution in [1.29, 1.82) is 0 Å². The molecule has 0 spiro atoms. The van der Waals surface area contributed by atoms with Crippen LogP contribution >= 0.6 is 22.9 Å². The van der Waals surface area contributed by atoms with Crippen molar-refractivity contribution in [3.8, 4) is 0 Å². The molecule has 0 bridgehead atoms. The lowest BCUT2D eigenvalue weighted by atomic mass is 10.1. The predicted molar refractivity (Wildman–Crippen MR) is 99.8 cm³/mol. The highest BCUT2D eigenvalue weighted by Crippen LogP contribution is 2.31. The molecular formula is C18H20ClN3O2S. The van der Waals surface area contributed by atoms with Crippen LogP contribution in [0.15, 0.2) is 36.5 Å². The third-order valence-corrected chi connectivity index (χ3v) is 5.27. The summed E-state index contributed by atoms with van der Waals surface area (Å²) in [5.74, 6) is -0.0102. The molecule has 0 saturated heterocycles. The van der Waals surface area contributed by atoms with Crippen LogP contribution in [-0.2, 0) is 9.59 Å². The second kappa shape index (κ2) is 7.97. The van der Waals surface area contributed by atoms with E-state index in [-0.39, 0.29) is 18.4 Å². The number of halogens is 1. The average molecular weight is 378 g/mol. The highest BCUT2D eigenvalue weighted by Gasteiger charge is 2.31. The molecule has 1 aliphatic carbocycles. The summed E-state index contributed by atoms with van der Waals surface area (Å²) in [6.45, 7) is 2.48. The van der Waals surface area contributed by atoms with Gasteiger partial charge in [0.2, 0.25) is 11.8 Å². The number of nitrogens with one attached hydrogen (secondary N) is 1. The summed E-state index contributed by atoms with van der Waals surface area (Å²) in [4.78, 5) is 31.8. The topological polar surface area (TPSA) is 62.3 Å². The van der Waals surface area contributed by atoms with Gasteiger partial charge in [-0.15, -0.1) is 22.9 Å². The smallest absolute Gasteiger partial charge is 0.245 e. The molecule has 1 aromatic heterocycles. The average Bonchev–Trinajstić information content (AvgIpc) is 3.34. The first kappa shape index (κ1) is 17.9. The van der Waals surface area contributed by atoms with E-state index in [1.807, 2.05) is 37.3 Å². The van der Waals surface area contributed by atoms with Crippen LogP contribution in [-0.4, -0.2) is 34.8 Å². The number of rotatable bonds is 7. The number of carbonyl (C=O) groups is 2. The third-order valence-electron chi connectivity index (χ3n) is 4.00. The first-order valence-corrected chi connectivity index (χ1v) is 9.48. The fourth-order valence-electron chi connectivity index (χ4n) is 2.51. The zero-order valence-electron chi connectivity index (χ0n) is 13.9. The van der Waals surface area contributed by atoms with E-state index >= 15 is 0 Å². The highest BCUT2D eigenvalue weighted by atomic mass is 35.5. The monoisotopic (exact) mass is 377 g/mol. The van der Waals surface area contributed by atoms with Gasteiger partial charge in [0.05, 0.1) is 6.54 Å². The molecule has 1 aliphatic rings. The maximum absolute atomic E-state index is 12.8. The number of hydrogen-bond acceptors (Lipinski definition) is 4. The lowest BCUT2D eigenvalue weighted by molar-refractivity contribution is -0.134. The minimum Gasteiger partial charge on any atom is -0.332 e. The second-order valence-corrected chi connectivity index (χ2v) is 7.93. The van der Waals surface area contributed by atoms with E-state index in [1.165, 1.54) is 11.3 Å². The van der Waals surface area contributed by atoms with Crippen LogP contribution in [0.25, 0.3) is 0 Å². The summed E-state index contributed by atoms with van der Waals surface area (Å²) in [5.41, 5.74) is 0.742. The Morgan fingerprint density at radius 3 is 2.68 bits per heavy atom. The van der Waals surface area contributed by atoms with Gasteiger partial charge >= 0.3 is 0 Å². The van der Waals surface area contributed by atoms with E-state index in [9.17, 15) is 9.59 Å². The Bertz CT molecular complexity index is 746. The summed E-state index contributed by atoms with van der Waals surface area (Å²) >= 11 is 7.78. The van der Waals surface area contributed by atoms with Gasteiger partial charge in [-0.25, -0.2) is 4.98 Å². The SMILES string of the molecule is Cc1cnc(NC(=O)CN(CC2CC2)C(=O)[C@@H](Cl)c2ccccc2)s1. The van der Waals surface area contributed by atoms with Crippen LogP contribution in [0.1, 0.15) is 28.7 Å². The van der Waals surface area contributed by atoms with Crippen molar-refractivity contribution in [2.24, 2.45) is 5.92 Å². The molecule has 7 heteroatoms. The van der Waals surface area contributed by atoms with Gasteiger partial charge in [0, 0.05) is 17.6 Å². The van der Waals surface area contributed by atoms with Gasteiger partial charge in [-0.3, -0.25) is 9.59 Å². The summed E-state index contributed by atoms with van der Waals surface area (Å²) in [7, 11) is 0. The van der Waals surface area contributed by atoms with Gasteiger partial charge in [-0.1, -0.05) is 30.3 Å². The van der Waals surface area contributed by atoms with Crippen molar-refractivity contribution in [3.05, 3.63) is 47.0 Å². The van der Waals surface area contributed by atoms with E-state index in [0.717, 1.165) is 23.3 Å². The third kappa shape index (κ3) is 5.03. The minimum atomic E-state index is -0.783. The molecule has 1 heterocycles. The van der Waals surface area contributed by atoms with E-state index < -0.39 is 5.38 Å². The fraction of sp³-hybridized carbons (Fsp3) is 0.389. The number of benzene rings is 1. The van der Waals surface area contributed by atoms with Crippen LogP contribution in [0.3, 0.4) is 0 Å². The summed E-state index contributed by atoms with van der Waals surface area (Å²) < 4.78 is 0. The normalized spacial score (nSPS) is 14.8. The largest absolute Gasteiger partial charge is 0.332 e. The lowest BCUT2D eigenvalue weighted by Crippen LogP contribution is -2.41. The highest BCUT2D eigenvalue weighted by molar-refractivity contribution is 7.15. The number of nitrogens with zero attached hydrogens (tertiary/aromatic N) is 2. The Kier molecular flexibility index (Phi) is 5.71. The Labute approximate surface area is 156 Å². The number of alkyl halides is 1. The molecule has 2 amide bonds. The van der Waals surface area contributed by atoms with E-state index in [1.54, 1.807) is 11.1 Å². The molecule has 0 radical (unpaired) electrons. The molecule has 1 N–H and O–H groups in total. The molecule has 1 aromatic carbocycles. The lowest BCUT2D eigenvalue weighted by Gasteiger charge is -2.24. The number of amides is 2. The maximum atomic E-state index is 12.8. The van der Waals surface area contributed by atoms with Gasteiger partial charge in [0.1, 0.15) is 5.38 Å². The van der Waals surface area contributed by atoms with E-state index in [2.05, 4.69) is 10.3 Å². The molecule has 1 saturated carbocycles. The van der Waals surface area contributed by atoms with Gasteiger partial charge in [-0.05, 0) is 31.2 Å². The maximum Gasteiger partial charge on any atom is 0.245 e. The molecule has 0 aliphatic heterocycles. The zero-order valence-corrected chi connectivity index (χ0v) is 15.5. The first-order valence-electron chi connectivity index (χ1n) is 8.23. The van der Waals surface area contributed by atoms with Crippen molar-refractivity contribution in [1.82, 2.24) is 9.88 Å². The number of anilines is 1. The van der Waals surface area contributed by atoms with Crippen LogP contribution in [0.4, 0.5) is 5.13 Å². The van der Waals surface area contributed by atoms with Crippen molar-refractivity contribution in [2.45, 2.75) is 25.1 Å². The predicted octanol–water partition coefficient (Wildman–Crippen LogP) is 3.61. The van der Waals surface area contributed by atoms with E-state index in [4.69, 9.17) is 11.6 Å². The molecule has 1 atom stereocenters. The van der Waals surface area contributed by atoms with Crippen LogP contribution in [0, 0.1) is 12.8 Å². The Hall–Kier alpha value is -1.92. The molecule has 25 heavy (non-hydrogen) atoms. The fourth-order valence-corrected chi connectivity index (χ4v) is 3.48. The summed E-state index contributed by atoms with van der Waals surface area (Å²) in [5, 5.41) is 2.52. The number of hydrogen-bond donors (Lipinski definition) is 1. The van der Waals surface area contributed by atoms with Crippen LogP contribution < -0.4 is 5.32 Å². The second-order valence-electron chi connectivity index (χ2n) is 6.26. The standard InChI is InChI=1S/C18H20ClN3O2S/c1-12-9-20-18(25-12)21-15(23)11-22(10-13-7-8-13)17(24)16(19)14-5-3-2-4-6-14/h2-6,9,13,16H,7-8,10-11H2,1H3,(H,20,21,23)/t16-/m0/s1. The minimum absolute atomic E-state index is 0.00991. The van der Waals surface area contributed by atoms with Crippen molar-refractivity contribution < 1.29 is 9.59 Å². The van der Waals surface area contributed by atoms with Gasteiger partial charge in [0.15, 0.2) is 5.13 Å². The molecule has 132 valence electrons. The van der Waals surface area contributed by atoms with Crippen LogP contribution in [0.5, 0.6) is 0 Å². The van der Waals surface area contributed by atoms with Crippen molar-refractivity contribution in [2.75, 3.05) is 18.4 Å². The number of aromatic nitrogens is 1. The molecule has 3 rings (SSSR count). The van der Waals surface area contributed by atoms with Gasteiger partial charge in [-0.2, -0.15) is 0 Å². The molecule has 1 fully saturated rings. The van der Waals surface area contributed by atoms with Gasteiger partial charge in [0.25, 0.3) is 0 Å². The zero-order chi connectivity index (χ0) is 17.8. The number of thiazole rings is 1. The molecular weight excluding hydrogens is 358 g/mol. The Balaban J connectivity index is 1.66. The van der Waals surface area contributed by atoms with Gasteiger partial charge < -0.3 is 10.2 Å². The van der Waals surface area contributed by atoms with Crippen LogP contribution in [0.2, 0.25) is 0 Å². The quantitative estimate of drug-likeness (QED) is 0.750. The Morgan fingerprint density at radius 1 is 1.36 bits per heavy atom. The number of aryl methyl sites for hydroxylation is 1.